The van der Waals surface area contributed by atoms with Gasteiger partial charge in [-0.2, -0.15) is 4.58 Å². The molecular weight excluding hydrogens is 392 g/mol. The van der Waals surface area contributed by atoms with Crippen LogP contribution in [0.15, 0.2) is 66.4 Å². The molecule has 3 heteroatoms. The average Bonchev–Trinajstić information content (AvgIpc) is 3.11. The molecule has 0 bridgehead atoms. The van der Waals surface area contributed by atoms with Crippen LogP contribution >= 0.6 is 0 Å². The van der Waals surface area contributed by atoms with Gasteiger partial charge in [0.2, 0.25) is 5.69 Å². The highest BCUT2D eigenvalue weighted by atomic mass is 16.5. The summed E-state index contributed by atoms with van der Waals surface area (Å²) in [6.45, 7) is 12.6. The lowest BCUT2D eigenvalue weighted by Gasteiger charge is -2.27. The monoisotopic (exact) mass is 429 g/mol. The second-order valence-electron chi connectivity index (χ2n) is 10.0. The maximum Gasteiger partial charge on any atom is 0.209 e. The Morgan fingerprint density at radius 2 is 1.75 bits per heavy atom. The zero-order chi connectivity index (χ0) is 23.1. The molecule has 0 spiro atoms. The highest BCUT2D eigenvalue weighted by Gasteiger charge is 2.43. The van der Waals surface area contributed by atoms with Crippen molar-refractivity contribution in [2.24, 2.45) is 0 Å². The molecule has 2 aliphatic rings. The molecule has 0 unspecified atom stereocenters. The van der Waals surface area contributed by atoms with E-state index >= 15 is 0 Å². The van der Waals surface area contributed by atoms with Crippen LogP contribution in [-0.4, -0.2) is 31.0 Å². The van der Waals surface area contributed by atoms with Gasteiger partial charge in [-0.25, -0.2) is 0 Å². The standard InChI is InChI=1S/C29H37N2O/c1-8-9-19-31-25-18-17-21(32-7)20-23(25)29(4,5)27(31)16-12-15-26-28(2,3)22-13-10-11-14-24(22)30(26)6/h10-18,20H,8-9,19H2,1-7H3/q+1. The van der Waals surface area contributed by atoms with Gasteiger partial charge in [0, 0.05) is 41.1 Å². The lowest BCUT2D eigenvalue weighted by molar-refractivity contribution is -0.401. The van der Waals surface area contributed by atoms with Gasteiger partial charge in [0.25, 0.3) is 0 Å². The van der Waals surface area contributed by atoms with Crippen molar-refractivity contribution in [1.82, 2.24) is 0 Å². The second kappa shape index (κ2) is 8.27. The normalized spacial score (nSPS) is 19.7. The molecule has 0 amide bonds. The summed E-state index contributed by atoms with van der Waals surface area (Å²) in [4.78, 5) is 2.51. The van der Waals surface area contributed by atoms with Crippen molar-refractivity contribution in [3.63, 3.8) is 0 Å². The molecule has 2 aliphatic heterocycles. The van der Waals surface area contributed by atoms with Gasteiger partial charge >= 0.3 is 0 Å². The Hall–Kier alpha value is -2.81. The number of para-hydroxylation sites is 1. The van der Waals surface area contributed by atoms with Crippen LogP contribution in [0.5, 0.6) is 5.75 Å². The van der Waals surface area contributed by atoms with Gasteiger partial charge in [0.15, 0.2) is 5.71 Å². The number of nitrogens with zero attached hydrogens (tertiary/aromatic N) is 2. The Labute approximate surface area is 193 Å². The predicted molar refractivity (Wildman–Crippen MR) is 136 cm³/mol. The number of hydrogen-bond acceptors (Lipinski definition) is 2. The zero-order valence-electron chi connectivity index (χ0n) is 20.7. The summed E-state index contributed by atoms with van der Waals surface area (Å²) in [5.74, 6) is 0.923. The molecule has 0 radical (unpaired) electrons. The van der Waals surface area contributed by atoms with Gasteiger partial charge in [-0.15, -0.1) is 0 Å². The third-order valence-electron chi connectivity index (χ3n) is 7.28. The predicted octanol–water partition coefficient (Wildman–Crippen LogP) is 6.74. The minimum atomic E-state index is -0.0767. The van der Waals surface area contributed by atoms with Gasteiger partial charge < -0.3 is 9.64 Å². The van der Waals surface area contributed by atoms with Crippen molar-refractivity contribution in [3.8, 4) is 5.75 Å². The number of fused-ring (bicyclic) bond motifs is 2. The lowest BCUT2D eigenvalue weighted by atomic mass is 9.81. The van der Waals surface area contributed by atoms with E-state index in [4.69, 9.17) is 4.74 Å². The van der Waals surface area contributed by atoms with Crippen molar-refractivity contribution >= 4 is 17.1 Å². The van der Waals surface area contributed by atoms with E-state index in [1.807, 2.05) is 0 Å². The van der Waals surface area contributed by atoms with E-state index in [1.165, 1.54) is 46.8 Å². The number of rotatable bonds is 6. The van der Waals surface area contributed by atoms with Crippen LogP contribution in [0.2, 0.25) is 0 Å². The quantitative estimate of drug-likeness (QED) is 0.473. The molecule has 2 aromatic rings. The molecule has 32 heavy (non-hydrogen) atoms. The Kier molecular flexibility index (Phi) is 5.79. The van der Waals surface area contributed by atoms with Gasteiger partial charge in [-0.3, -0.25) is 0 Å². The van der Waals surface area contributed by atoms with Crippen LogP contribution in [0.25, 0.3) is 0 Å². The van der Waals surface area contributed by atoms with Crippen molar-refractivity contribution in [1.29, 1.82) is 0 Å². The molecule has 0 N–H and O–H groups in total. The van der Waals surface area contributed by atoms with E-state index in [9.17, 15) is 0 Å². The number of methoxy groups -OCH3 is 1. The number of benzene rings is 2. The molecule has 3 nitrogen and oxygen atoms in total. The minimum absolute atomic E-state index is 0.0101. The lowest BCUT2D eigenvalue weighted by Crippen LogP contribution is -2.27. The van der Waals surface area contributed by atoms with Crippen LogP contribution in [0.1, 0.15) is 58.6 Å². The van der Waals surface area contributed by atoms with Crippen molar-refractivity contribution in [2.75, 3.05) is 25.6 Å². The fraction of sp³-hybridized carbons (Fsp3) is 0.414. The first-order valence-electron chi connectivity index (χ1n) is 11.8. The number of allylic oxidation sites excluding steroid dienone is 4. The molecule has 2 heterocycles. The summed E-state index contributed by atoms with van der Waals surface area (Å²) in [5.41, 5.74) is 7.92. The number of ether oxygens (including phenoxy) is 1. The molecule has 0 saturated carbocycles. The maximum absolute atomic E-state index is 5.54. The number of anilines is 1. The van der Waals surface area contributed by atoms with Crippen LogP contribution in [-0.2, 0) is 10.8 Å². The highest BCUT2D eigenvalue weighted by molar-refractivity contribution is 6.03. The second-order valence-corrected chi connectivity index (χ2v) is 10.0. The van der Waals surface area contributed by atoms with E-state index in [-0.39, 0.29) is 10.8 Å². The third kappa shape index (κ3) is 3.48. The SMILES string of the molecule is CCCCN1/C(=C/C=C/C2=[N+](C)c3ccccc3C2(C)C)C(C)(C)c2cc(OC)ccc21. The Morgan fingerprint density at radius 1 is 1.00 bits per heavy atom. The van der Waals surface area contributed by atoms with Crippen LogP contribution in [0.3, 0.4) is 0 Å². The minimum Gasteiger partial charge on any atom is -0.497 e. The van der Waals surface area contributed by atoms with Crippen LogP contribution < -0.4 is 9.64 Å². The summed E-state index contributed by atoms with van der Waals surface area (Å²) in [5, 5.41) is 0. The molecule has 4 rings (SSSR count). The van der Waals surface area contributed by atoms with E-state index in [2.05, 4.69) is 112 Å². The molecule has 2 aromatic carbocycles. The van der Waals surface area contributed by atoms with Gasteiger partial charge in [0.05, 0.1) is 12.5 Å². The number of hydrogen-bond donors (Lipinski definition) is 0. The molecular formula is C29H37N2O+. The van der Waals surface area contributed by atoms with Crippen molar-refractivity contribution in [2.45, 2.75) is 58.3 Å². The zero-order valence-corrected chi connectivity index (χ0v) is 20.7. The maximum atomic E-state index is 5.54. The summed E-state index contributed by atoms with van der Waals surface area (Å²) in [6.07, 6.45) is 9.22. The molecule has 168 valence electrons. The molecule has 0 atom stereocenters. The average molecular weight is 430 g/mol. The fourth-order valence-corrected chi connectivity index (χ4v) is 5.37. The van der Waals surface area contributed by atoms with Gasteiger partial charge in [0.1, 0.15) is 12.8 Å². The summed E-state index contributed by atoms with van der Waals surface area (Å²) < 4.78 is 7.87. The van der Waals surface area contributed by atoms with Crippen LogP contribution in [0, 0.1) is 0 Å². The molecule has 0 aromatic heterocycles. The Balaban J connectivity index is 1.73. The Bertz CT molecular complexity index is 1120. The Morgan fingerprint density at radius 3 is 2.44 bits per heavy atom. The third-order valence-corrected chi connectivity index (χ3v) is 7.28. The fourth-order valence-electron chi connectivity index (χ4n) is 5.37. The van der Waals surface area contributed by atoms with E-state index < -0.39 is 0 Å². The largest absolute Gasteiger partial charge is 0.497 e. The van der Waals surface area contributed by atoms with Gasteiger partial charge in [-0.1, -0.05) is 51.5 Å². The van der Waals surface area contributed by atoms with Gasteiger partial charge in [-0.05, 0) is 50.1 Å². The smallest absolute Gasteiger partial charge is 0.209 e. The van der Waals surface area contributed by atoms with E-state index in [1.54, 1.807) is 7.11 Å². The molecule has 0 fully saturated rings. The van der Waals surface area contributed by atoms with Crippen molar-refractivity contribution < 1.29 is 9.31 Å². The first-order chi connectivity index (χ1) is 15.2. The van der Waals surface area contributed by atoms with Crippen molar-refractivity contribution in [3.05, 3.63) is 77.5 Å². The molecule has 0 aliphatic carbocycles. The first kappa shape index (κ1) is 22.4. The first-order valence-corrected chi connectivity index (χ1v) is 11.8. The topological polar surface area (TPSA) is 15.5 Å². The van der Waals surface area contributed by atoms with E-state index in [0.717, 1.165) is 12.3 Å². The summed E-state index contributed by atoms with van der Waals surface area (Å²) >= 11 is 0. The summed E-state index contributed by atoms with van der Waals surface area (Å²) in [6, 6.07) is 15.2. The van der Waals surface area contributed by atoms with Crippen LogP contribution in [0.4, 0.5) is 11.4 Å². The summed E-state index contributed by atoms with van der Waals surface area (Å²) in [7, 11) is 3.92. The van der Waals surface area contributed by atoms with E-state index in [0.29, 0.717) is 0 Å². The highest BCUT2D eigenvalue weighted by Crippen LogP contribution is 2.49. The molecule has 0 saturated heterocycles. The number of unbranched alkanes of at least 4 members (excludes halogenated alkanes) is 1.